The molecule has 2 fully saturated rings. The summed E-state index contributed by atoms with van der Waals surface area (Å²) in [6.07, 6.45) is 19.1. The molecule has 1 nitrogen and oxygen atoms in total. The Hall–Kier alpha value is -1.11. The van der Waals surface area contributed by atoms with Gasteiger partial charge in [0.2, 0.25) is 0 Å². The lowest BCUT2D eigenvalue weighted by Gasteiger charge is -2.56. The number of hydrogen-bond donors (Lipinski definition) is 0. The van der Waals surface area contributed by atoms with E-state index in [0.29, 0.717) is 29.0 Å². The summed E-state index contributed by atoms with van der Waals surface area (Å²) in [7, 11) is 0. The molecule has 0 heterocycles. The van der Waals surface area contributed by atoms with E-state index in [1.807, 2.05) is 6.08 Å². The van der Waals surface area contributed by atoms with Gasteiger partial charge in [-0.15, -0.1) is 0 Å². The Bertz CT molecular complexity index is 739. The molecule has 0 aliphatic heterocycles. The van der Waals surface area contributed by atoms with Crippen LogP contribution in [0, 0.1) is 52.3 Å². The lowest BCUT2D eigenvalue weighted by molar-refractivity contribution is -0.116. The minimum absolute atomic E-state index is 0.227. The highest BCUT2D eigenvalue weighted by Crippen LogP contribution is 2.66. The Kier molecular flexibility index (Phi) is 5.50. The average Bonchev–Trinajstić information content (AvgIpc) is 3.03. The lowest BCUT2D eigenvalue weighted by Crippen LogP contribution is -2.49. The van der Waals surface area contributed by atoms with Crippen molar-refractivity contribution in [2.45, 2.75) is 80.1 Å². The van der Waals surface area contributed by atoms with Gasteiger partial charge >= 0.3 is 0 Å². The summed E-state index contributed by atoms with van der Waals surface area (Å²) in [5.41, 5.74) is 2.02. The minimum atomic E-state index is 0.227. The van der Waals surface area contributed by atoms with Crippen LogP contribution in [0.2, 0.25) is 0 Å². The maximum atomic E-state index is 12.0. The highest BCUT2D eigenvalue weighted by molar-refractivity contribution is 5.92. The molecule has 8 atom stereocenters. The fourth-order valence-corrected chi connectivity index (χ4v) is 7.61. The molecule has 1 heteroatoms. The summed E-state index contributed by atoms with van der Waals surface area (Å²) >= 11 is 0. The van der Waals surface area contributed by atoms with Crippen LogP contribution in [0.15, 0.2) is 36.0 Å². The Morgan fingerprint density at radius 1 is 1.00 bits per heavy atom. The van der Waals surface area contributed by atoms with Gasteiger partial charge in [0.1, 0.15) is 0 Å². The van der Waals surface area contributed by atoms with Crippen molar-refractivity contribution < 1.29 is 4.79 Å². The van der Waals surface area contributed by atoms with Crippen LogP contribution >= 0.6 is 0 Å². The summed E-state index contributed by atoms with van der Waals surface area (Å²) in [6, 6.07) is 0. The van der Waals surface area contributed by atoms with Gasteiger partial charge in [0, 0.05) is 6.42 Å². The van der Waals surface area contributed by atoms with E-state index in [9.17, 15) is 4.79 Å². The van der Waals surface area contributed by atoms with Crippen LogP contribution in [-0.2, 0) is 4.79 Å². The molecule has 0 saturated heterocycles. The highest BCUT2D eigenvalue weighted by atomic mass is 16.1. The van der Waals surface area contributed by atoms with E-state index in [2.05, 4.69) is 65.8 Å². The molecule has 0 bridgehead atoms. The summed E-state index contributed by atoms with van der Waals surface area (Å²) < 4.78 is 0. The first-order chi connectivity index (χ1) is 13.7. The molecule has 4 aliphatic rings. The first kappa shape index (κ1) is 21.1. The Labute approximate surface area is 179 Å². The van der Waals surface area contributed by atoms with Crippen molar-refractivity contribution in [1.29, 1.82) is 0 Å². The first-order valence-corrected chi connectivity index (χ1v) is 12.3. The maximum Gasteiger partial charge on any atom is 0.156 e. The van der Waals surface area contributed by atoms with Crippen molar-refractivity contribution in [3.05, 3.63) is 36.0 Å². The summed E-state index contributed by atoms with van der Waals surface area (Å²) in [5, 5.41) is 0. The number of rotatable bonds is 4. The first-order valence-electron chi connectivity index (χ1n) is 12.3. The lowest BCUT2D eigenvalue weighted by atomic mass is 9.48. The van der Waals surface area contributed by atoms with Crippen LogP contribution in [0.1, 0.15) is 80.1 Å². The monoisotopic (exact) mass is 394 g/mol. The molecule has 0 radical (unpaired) electrons. The molecule has 4 aliphatic carbocycles. The van der Waals surface area contributed by atoms with Crippen molar-refractivity contribution in [2.24, 2.45) is 52.3 Å². The van der Waals surface area contributed by atoms with Gasteiger partial charge in [-0.2, -0.15) is 0 Å². The number of carbonyl (C=O) groups excluding carboxylic acids is 1. The Morgan fingerprint density at radius 2 is 1.76 bits per heavy atom. The fourth-order valence-electron chi connectivity index (χ4n) is 7.61. The van der Waals surface area contributed by atoms with Crippen molar-refractivity contribution in [2.75, 3.05) is 0 Å². The molecule has 0 aromatic heterocycles. The predicted octanol–water partition coefficient (Wildman–Crippen LogP) is 7.39. The maximum absolute atomic E-state index is 12.0. The van der Waals surface area contributed by atoms with Crippen LogP contribution < -0.4 is 0 Å². The largest absolute Gasteiger partial charge is 0.295 e. The Balaban J connectivity index is 1.57. The molecule has 0 aromatic carbocycles. The van der Waals surface area contributed by atoms with Gasteiger partial charge in [0.05, 0.1) is 0 Å². The smallest absolute Gasteiger partial charge is 0.156 e. The summed E-state index contributed by atoms with van der Waals surface area (Å²) in [5.74, 6) is 5.46. The zero-order chi connectivity index (χ0) is 21.0. The van der Waals surface area contributed by atoms with Gasteiger partial charge in [-0.25, -0.2) is 0 Å². The van der Waals surface area contributed by atoms with Crippen LogP contribution in [0.4, 0.5) is 0 Å². The van der Waals surface area contributed by atoms with Gasteiger partial charge < -0.3 is 0 Å². The summed E-state index contributed by atoms with van der Waals surface area (Å²) in [4.78, 5) is 12.0. The second-order valence-corrected chi connectivity index (χ2v) is 11.7. The third kappa shape index (κ3) is 3.41. The van der Waals surface area contributed by atoms with Gasteiger partial charge in [0.25, 0.3) is 0 Å². The highest BCUT2D eigenvalue weighted by Gasteiger charge is 2.58. The molecule has 29 heavy (non-hydrogen) atoms. The number of allylic oxidation sites excluding steroid dienone is 6. The van der Waals surface area contributed by atoms with Crippen molar-refractivity contribution >= 4 is 5.78 Å². The SMILES string of the molecule is CC(C)[C@@H](C)/C=C/[C@@H](C)[C@@H]1CC[C@@H]2[C@H]3C=CC4=CC(=O)CC[C@]4(C)[C@@H]3CC[C@]21C. The normalized spacial score (nSPS) is 43.7. The number of carbonyl (C=O) groups is 1. The second-order valence-electron chi connectivity index (χ2n) is 11.7. The molecule has 0 N–H and O–H groups in total. The Morgan fingerprint density at radius 3 is 2.48 bits per heavy atom. The number of hydrogen-bond acceptors (Lipinski definition) is 1. The average molecular weight is 395 g/mol. The van der Waals surface area contributed by atoms with Crippen molar-refractivity contribution in [1.82, 2.24) is 0 Å². The van der Waals surface area contributed by atoms with E-state index in [0.717, 1.165) is 36.5 Å². The molecule has 2 saturated carbocycles. The van der Waals surface area contributed by atoms with E-state index in [4.69, 9.17) is 0 Å². The molecular weight excluding hydrogens is 352 g/mol. The molecule has 160 valence electrons. The molecule has 0 unspecified atom stereocenters. The van der Waals surface area contributed by atoms with Gasteiger partial charge in [-0.05, 0) is 96.0 Å². The van der Waals surface area contributed by atoms with Crippen LogP contribution in [0.5, 0.6) is 0 Å². The zero-order valence-corrected chi connectivity index (χ0v) is 19.6. The van der Waals surface area contributed by atoms with Gasteiger partial charge in [-0.3, -0.25) is 4.79 Å². The minimum Gasteiger partial charge on any atom is -0.295 e. The van der Waals surface area contributed by atoms with Crippen LogP contribution in [-0.4, -0.2) is 5.78 Å². The molecule has 4 rings (SSSR count). The molecule has 0 aromatic rings. The van der Waals surface area contributed by atoms with E-state index >= 15 is 0 Å². The van der Waals surface area contributed by atoms with Gasteiger partial charge in [-0.1, -0.05) is 65.8 Å². The van der Waals surface area contributed by atoms with Gasteiger partial charge in [0.15, 0.2) is 5.78 Å². The van der Waals surface area contributed by atoms with E-state index in [1.54, 1.807) is 0 Å². The third-order valence-electron chi connectivity index (χ3n) is 9.99. The van der Waals surface area contributed by atoms with E-state index in [1.165, 1.54) is 31.3 Å². The van der Waals surface area contributed by atoms with Crippen molar-refractivity contribution in [3.8, 4) is 0 Å². The number of fused-ring (bicyclic) bond motifs is 5. The van der Waals surface area contributed by atoms with E-state index in [-0.39, 0.29) is 5.41 Å². The fraction of sp³-hybridized carbons (Fsp3) is 0.750. The molecular formula is C28H42O. The quantitative estimate of drug-likeness (QED) is 0.454. The number of ketones is 1. The zero-order valence-electron chi connectivity index (χ0n) is 19.6. The third-order valence-corrected chi connectivity index (χ3v) is 9.99. The second kappa shape index (κ2) is 7.54. The van der Waals surface area contributed by atoms with E-state index < -0.39 is 0 Å². The molecule has 0 amide bonds. The molecule has 0 spiro atoms. The predicted molar refractivity (Wildman–Crippen MR) is 122 cm³/mol. The van der Waals surface area contributed by atoms with Crippen LogP contribution in [0.25, 0.3) is 0 Å². The van der Waals surface area contributed by atoms with Crippen molar-refractivity contribution in [3.63, 3.8) is 0 Å². The van der Waals surface area contributed by atoms with Crippen LogP contribution in [0.3, 0.4) is 0 Å². The summed E-state index contributed by atoms with van der Waals surface area (Å²) in [6.45, 7) is 14.6. The standard InChI is InChI=1S/C28H42O/c1-18(2)19(3)7-8-20(4)24-11-12-25-23-10-9-21-17-22(29)13-15-27(21,5)26(23)14-16-28(24,25)6/h7-10,17-20,23-26H,11-16H2,1-6H3/b8-7+/t19-,20+,23+,24-,25+,26+,27-,28-/m0/s1. The topological polar surface area (TPSA) is 17.1 Å².